The van der Waals surface area contributed by atoms with E-state index >= 15 is 0 Å². The highest BCUT2D eigenvalue weighted by Crippen LogP contribution is 2.36. The molecule has 0 bridgehead atoms. The van der Waals surface area contributed by atoms with Gasteiger partial charge in [0.15, 0.2) is 0 Å². The third-order valence-corrected chi connectivity index (χ3v) is 4.73. The van der Waals surface area contributed by atoms with Crippen molar-refractivity contribution >= 4 is 11.8 Å². The summed E-state index contributed by atoms with van der Waals surface area (Å²) >= 11 is 0. The minimum absolute atomic E-state index is 0.00489. The molecule has 1 N–H and O–H groups in total. The monoisotopic (exact) mass is 362 g/mol. The molecule has 1 aliphatic heterocycles. The molecule has 2 unspecified atom stereocenters. The number of methoxy groups -OCH3 is 1. The zero-order valence-corrected chi connectivity index (χ0v) is 16.2. The molecule has 0 spiro atoms. The minimum atomic E-state index is -0.255. The number of nitrogens with zero attached hydrogens (tertiary/aromatic N) is 1. The fraction of sp³-hybridized carbons (Fsp3) is 0.600. The molecule has 6 nitrogen and oxygen atoms in total. The second-order valence-corrected chi connectivity index (χ2v) is 6.93. The van der Waals surface area contributed by atoms with Gasteiger partial charge in [0, 0.05) is 26.6 Å². The van der Waals surface area contributed by atoms with Gasteiger partial charge in [-0.15, -0.1) is 0 Å². The van der Waals surface area contributed by atoms with Crippen molar-refractivity contribution in [1.82, 2.24) is 10.2 Å². The number of nitrogens with one attached hydrogen (secondary N) is 1. The number of hydrogen-bond acceptors (Lipinski definition) is 4. The third-order valence-electron chi connectivity index (χ3n) is 4.73. The fourth-order valence-electron chi connectivity index (χ4n) is 3.30. The number of piperidine rings is 1. The molecule has 0 radical (unpaired) electrons. The average Bonchev–Trinajstić information content (AvgIpc) is 2.63. The maximum absolute atomic E-state index is 12.7. The molecule has 1 aliphatic rings. The molecule has 26 heavy (non-hydrogen) atoms. The minimum Gasteiger partial charge on any atom is -0.497 e. The smallest absolute Gasteiger partial charge is 0.225 e. The lowest BCUT2D eigenvalue weighted by atomic mass is 9.84. The lowest BCUT2D eigenvalue weighted by molar-refractivity contribution is -0.141. The van der Waals surface area contributed by atoms with E-state index in [1.807, 2.05) is 38.1 Å². The first-order chi connectivity index (χ1) is 12.4. The Morgan fingerprint density at radius 2 is 2.00 bits per heavy atom. The predicted octanol–water partition coefficient (Wildman–Crippen LogP) is 2.54. The molecule has 1 saturated heterocycles. The number of hydrogen-bond donors (Lipinski definition) is 1. The van der Waals surface area contributed by atoms with E-state index in [0.29, 0.717) is 26.0 Å². The van der Waals surface area contributed by atoms with Crippen LogP contribution in [0.5, 0.6) is 5.75 Å². The SMILES string of the molecule is COc1ccc(C2C(C(=O)NCCCOC(C)C)CCC(=O)N2C)cc1. The molecule has 6 heteroatoms. The summed E-state index contributed by atoms with van der Waals surface area (Å²) in [6.07, 6.45) is 1.94. The largest absolute Gasteiger partial charge is 0.497 e. The Balaban J connectivity index is 2.03. The van der Waals surface area contributed by atoms with E-state index in [-0.39, 0.29) is 29.9 Å². The van der Waals surface area contributed by atoms with Crippen molar-refractivity contribution in [2.75, 3.05) is 27.3 Å². The van der Waals surface area contributed by atoms with Crippen molar-refractivity contribution in [3.8, 4) is 5.75 Å². The summed E-state index contributed by atoms with van der Waals surface area (Å²) in [5, 5.41) is 3.00. The highest BCUT2D eigenvalue weighted by atomic mass is 16.5. The van der Waals surface area contributed by atoms with Gasteiger partial charge in [0.25, 0.3) is 0 Å². The Hall–Kier alpha value is -2.08. The topological polar surface area (TPSA) is 67.9 Å². The number of rotatable bonds is 8. The summed E-state index contributed by atoms with van der Waals surface area (Å²) in [4.78, 5) is 26.6. The maximum atomic E-state index is 12.7. The van der Waals surface area contributed by atoms with Gasteiger partial charge in [-0.1, -0.05) is 12.1 Å². The van der Waals surface area contributed by atoms with Crippen molar-refractivity contribution in [2.24, 2.45) is 5.92 Å². The maximum Gasteiger partial charge on any atom is 0.225 e. The summed E-state index contributed by atoms with van der Waals surface area (Å²) in [5.41, 5.74) is 0.949. The third kappa shape index (κ3) is 5.21. The van der Waals surface area contributed by atoms with Crippen LogP contribution in [0.15, 0.2) is 24.3 Å². The van der Waals surface area contributed by atoms with Crippen LogP contribution in [0.1, 0.15) is 44.7 Å². The standard InChI is InChI=1S/C20H30N2O4/c1-14(2)26-13-5-12-21-20(24)17-10-11-18(23)22(3)19(17)15-6-8-16(25-4)9-7-15/h6-9,14,17,19H,5,10-13H2,1-4H3,(H,21,24). The molecule has 144 valence electrons. The summed E-state index contributed by atoms with van der Waals surface area (Å²) in [7, 11) is 3.39. The number of amides is 2. The van der Waals surface area contributed by atoms with Crippen LogP contribution in [0.25, 0.3) is 0 Å². The quantitative estimate of drug-likeness (QED) is 0.722. The molecule has 1 fully saturated rings. The van der Waals surface area contributed by atoms with E-state index in [1.54, 1.807) is 19.1 Å². The van der Waals surface area contributed by atoms with E-state index < -0.39 is 0 Å². The molecule has 0 aromatic heterocycles. The van der Waals surface area contributed by atoms with E-state index in [0.717, 1.165) is 17.7 Å². The Morgan fingerprint density at radius 3 is 2.62 bits per heavy atom. The van der Waals surface area contributed by atoms with Gasteiger partial charge in [-0.05, 0) is 44.4 Å². The number of ether oxygens (including phenoxy) is 2. The molecular formula is C20H30N2O4. The second kappa shape index (κ2) is 9.57. The van der Waals surface area contributed by atoms with Gasteiger partial charge in [0.1, 0.15) is 5.75 Å². The van der Waals surface area contributed by atoms with Crippen LogP contribution in [0.4, 0.5) is 0 Å². The molecule has 2 rings (SSSR count). The second-order valence-electron chi connectivity index (χ2n) is 6.93. The fourth-order valence-corrected chi connectivity index (χ4v) is 3.30. The number of likely N-dealkylation sites (tertiary alicyclic amines) is 1. The van der Waals surface area contributed by atoms with Crippen molar-refractivity contribution < 1.29 is 19.1 Å². The van der Waals surface area contributed by atoms with Crippen LogP contribution in [-0.2, 0) is 14.3 Å². The molecule has 1 heterocycles. The van der Waals surface area contributed by atoms with Gasteiger partial charge >= 0.3 is 0 Å². The van der Waals surface area contributed by atoms with Crippen LogP contribution >= 0.6 is 0 Å². The molecule has 2 atom stereocenters. The lowest BCUT2D eigenvalue weighted by Gasteiger charge is -2.38. The van der Waals surface area contributed by atoms with Gasteiger partial charge in [0.05, 0.1) is 25.2 Å². The van der Waals surface area contributed by atoms with Gasteiger partial charge in [-0.25, -0.2) is 0 Å². The van der Waals surface area contributed by atoms with Crippen LogP contribution in [0.3, 0.4) is 0 Å². The van der Waals surface area contributed by atoms with Crippen LogP contribution in [0, 0.1) is 5.92 Å². The van der Waals surface area contributed by atoms with Crippen molar-refractivity contribution in [3.05, 3.63) is 29.8 Å². The molecule has 2 amide bonds. The molecule has 1 aromatic carbocycles. The molecule has 1 aromatic rings. The van der Waals surface area contributed by atoms with Crippen LogP contribution in [-0.4, -0.2) is 50.1 Å². The van der Waals surface area contributed by atoms with Gasteiger partial charge in [-0.3, -0.25) is 9.59 Å². The van der Waals surface area contributed by atoms with E-state index in [2.05, 4.69) is 5.32 Å². The lowest BCUT2D eigenvalue weighted by Crippen LogP contribution is -2.46. The number of benzene rings is 1. The highest BCUT2D eigenvalue weighted by molar-refractivity contribution is 5.84. The highest BCUT2D eigenvalue weighted by Gasteiger charge is 2.38. The summed E-state index contributed by atoms with van der Waals surface area (Å²) in [6, 6.07) is 7.32. The summed E-state index contributed by atoms with van der Waals surface area (Å²) in [6.45, 7) is 5.19. The summed E-state index contributed by atoms with van der Waals surface area (Å²) in [5.74, 6) is 0.566. The normalized spacial score (nSPS) is 20.3. The van der Waals surface area contributed by atoms with Crippen LogP contribution in [0.2, 0.25) is 0 Å². The Kier molecular flexibility index (Phi) is 7.45. The van der Waals surface area contributed by atoms with Crippen molar-refractivity contribution in [1.29, 1.82) is 0 Å². The van der Waals surface area contributed by atoms with E-state index in [9.17, 15) is 9.59 Å². The van der Waals surface area contributed by atoms with E-state index in [1.165, 1.54) is 0 Å². The Bertz CT molecular complexity index is 600. The predicted molar refractivity (Wildman–Crippen MR) is 99.9 cm³/mol. The molecule has 0 saturated carbocycles. The zero-order chi connectivity index (χ0) is 19.1. The zero-order valence-electron chi connectivity index (χ0n) is 16.2. The number of carbonyl (C=O) groups excluding carboxylic acids is 2. The Labute approximate surface area is 155 Å². The van der Waals surface area contributed by atoms with E-state index in [4.69, 9.17) is 9.47 Å². The first kappa shape index (κ1) is 20.2. The summed E-state index contributed by atoms with van der Waals surface area (Å²) < 4.78 is 10.7. The van der Waals surface area contributed by atoms with Gasteiger partial charge in [0.2, 0.25) is 11.8 Å². The Morgan fingerprint density at radius 1 is 1.31 bits per heavy atom. The van der Waals surface area contributed by atoms with Gasteiger partial charge in [-0.2, -0.15) is 0 Å². The average molecular weight is 362 g/mol. The first-order valence-corrected chi connectivity index (χ1v) is 9.23. The van der Waals surface area contributed by atoms with Crippen molar-refractivity contribution in [2.45, 2.75) is 45.3 Å². The first-order valence-electron chi connectivity index (χ1n) is 9.23. The molecule has 0 aliphatic carbocycles. The van der Waals surface area contributed by atoms with Crippen molar-refractivity contribution in [3.63, 3.8) is 0 Å². The number of carbonyl (C=O) groups is 2. The van der Waals surface area contributed by atoms with Gasteiger partial charge < -0.3 is 19.7 Å². The van der Waals surface area contributed by atoms with Crippen LogP contribution < -0.4 is 10.1 Å². The molecular weight excluding hydrogens is 332 g/mol.